The van der Waals surface area contributed by atoms with E-state index in [0.29, 0.717) is 10.8 Å². The van der Waals surface area contributed by atoms with Gasteiger partial charge in [0, 0.05) is 10.8 Å². The minimum Gasteiger partial charge on any atom is -0.122 e. The predicted molar refractivity (Wildman–Crippen MR) is 53.4 cm³/mol. The molecule has 2 aliphatic rings. The highest BCUT2D eigenvalue weighted by atomic mass is 35.5. The largest absolute Gasteiger partial charge is 0.122 e. The number of rotatable bonds is 0. The zero-order valence-electron chi connectivity index (χ0n) is 8.15. The van der Waals surface area contributed by atoms with Gasteiger partial charge in [-0.2, -0.15) is 0 Å². The Bertz CT molecular complexity index is 241. The van der Waals surface area contributed by atoms with Crippen LogP contribution in [0.1, 0.15) is 33.6 Å². The third kappa shape index (κ3) is 0.666. The molecule has 0 amide bonds. The van der Waals surface area contributed by atoms with Crippen molar-refractivity contribution in [3.05, 3.63) is 12.2 Å². The summed E-state index contributed by atoms with van der Waals surface area (Å²) in [7, 11) is 0. The molecule has 2 aliphatic carbocycles. The smallest absolute Gasteiger partial charge is 0.0434 e. The van der Waals surface area contributed by atoms with E-state index in [1.54, 1.807) is 0 Å². The second-order valence-electron chi connectivity index (χ2n) is 5.13. The summed E-state index contributed by atoms with van der Waals surface area (Å²) >= 11 is 6.37. The third-order valence-electron chi connectivity index (χ3n) is 4.70. The number of hydrogen-bond donors (Lipinski definition) is 0. The van der Waals surface area contributed by atoms with Gasteiger partial charge >= 0.3 is 0 Å². The lowest BCUT2D eigenvalue weighted by Crippen LogP contribution is -2.33. The maximum absolute atomic E-state index is 6.37. The molecule has 68 valence electrons. The first-order chi connectivity index (χ1) is 5.40. The minimum absolute atomic E-state index is 0.194. The molecule has 2 saturated carbocycles. The summed E-state index contributed by atoms with van der Waals surface area (Å²) in [5.41, 5.74) is 1.94. The molecular weight excluding hydrogens is 168 g/mol. The van der Waals surface area contributed by atoms with E-state index in [2.05, 4.69) is 27.4 Å². The SMILES string of the molecule is C=C1C[C@@H]2C[C@H](Cl)[C@@]1(C)C2(C)C. The summed E-state index contributed by atoms with van der Waals surface area (Å²) < 4.78 is 0. The number of fused-ring (bicyclic) bond motifs is 2. The highest BCUT2D eigenvalue weighted by Gasteiger charge is 2.62. The fourth-order valence-electron chi connectivity index (χ4n) is 3.13. The maximum atomic E-state index is 6.37. The molecule has 12 heavy (non-hydrogen) atoms. The lowest BCUT2D eigenvalue weighted by atomic mass is 9.69. The van der Waals surface area contributed by atoms with Gasteiger partial charge in [0.25, 0.3) is 0 Å². The average Bonchev–Trinajstić information content (AvgIpc) is 2.20. The van der Waals surface area contributed by atoms with Crippen molar-refractivity contribution in [3.8, 4) is 0 Å². The van der Waals surface area contributed by atoms with Gasteiger partial charge in [-0.3, -0.25) is 0 Å². The van der Waals surface area contributed by atoms with Gasteiger partial charge in [0.15, 0.2) is 0 Å². The Morgan fingerprint density at radius 1 is 1.42 bits per heavy atom. The molecule has 2 fully saturated rings. The van der Waals surface area contributed by atoms with Gasteiger partial charge in [-0.15, -0.1) is 11.6 Å². The molecule has 0 spiro atoms. The van der Waals surface area contributed by atoms with Gasteiger partial charge in [0.2, 0.25) is 0 Å². The Balaban J connectivity index is 2.51. The van der Waals surface area contributed by atoms with Crippen LogP contribution >= 0.6 is 11.6 Å². The molecule has 0 unspecified atom stereocenters. The van der Waals surface area contributed by atoms with Gasteiger partial charge in [-0.25, -0.2) is 0 Å². The quantitative estimate of drug-likeness (QED) is 0.399. The fraction of sp³-hybridized carbons (Fsp3) is 0.818. The van der Waals surface area contributed by atoms with E-state index in [1.807, 2.05) is 0 Å². The Morgan fingerprint density at radius 2 is 2.00 bits per heavy atom. The van der Waals surface area contributed by atoms with Crippen molar-refractivity contribution in [2.75, 3.05) is 0 Å². The van der Waals surface area contributed by atoms with Crippen LogP contribution in [0.5, 0.6) is 0 Å². The number of alkyl halides is 1. The van der Waals surface area contributed by atoms with Crippen LogP contribution in [-0.2, 0) is 0 Å². The van der Waals surface area contributed by atoms with Gasteiger partial charge in [0.05, 0.1) is 0 Å². The van der Waals surface area contributed by atoms with Crippen molar-refractivity contribution in [3.63, 3.8) is 0 Å². The molecule has 0 aliphatic heterocycles. The highest BCUT2D eigenvalue weighted by molar-refractivity contribution is 6.21. The fourth-order valence-corrected chi connectivity index (χ4v) is 3.78. The van der Waals surface area contributed by atoms with E-state index >= 15 is 0 Å². The lowest BCUT2D eigenvalue weighted by Gasteiger charge is -2.37. The monoisotopic (exact) mass is 184 g/mol. The first-order valence-electron chi connectivity index (χ1n) is 4.73. The number of allylic oxidation sites excluding steroid dienone is 1. The molecule has 0 aromatic heterocycles. The van der Waals surface area contributed by atoms with Crippen molar-refractivity contribution in [2.45, 2.75) is 39.0 Å². The summed E-state index contributed by atoms with van der Waals surface area (Å²) in [4.78, 5) is 0. The second-order valence-corrected chi connectivity index (χ2v) is 5.66. The summed E-state index contributed by atoms with van der Waals surface area (Å²) in [5.74, 6) is 0.775. The zero-order valence-corrected chi connectivity index (χ0v) is 8.91. The molecule has 0 radical (unpaired) electrons. The van der Waals surface area contributed by atoms with Crippen LogP contribution in [0.2, 0.25) is 0 Å². The van der Waals surface area contributed by atoms with E-state index in [4.69, 9.17) is 11.6 Å². The van der Waals surface area contributed by atoms with Gasteiger partial charge in [0.1, 0.15) is 0 Å². The first kappa shape index (κ1) is 8.62. The van der Waals surface area contributed by atoms with E-state index < -0.39 is 0 Å². The van der Waals surface area contributed by atoms with Gasteiger partial charge in [-0.1, -0.05) is 32.9 Å². The van der Waals surface area contributed by atoms with Crippen LogP contribution in [0.3, 0.4) is 0 Å². The molecule has 2 bridgehead atoms. The van der Waals surface area contributed by atoms with Crippen molar-refractivity contribution < 1.29 is 0 Å². The van der Waals surface area contributed by atoms with Crippen molar-refractivity contribution in [1.29, 1.82) is 0 Å². The maximum Gasteiger partial charge on any atom is 0.0434 e. The van der Waals surface area contributed by atoms with Crippen LogP contribution in [0, 0.1) is 16.7 Å². The van der Waals surface area contributed by atoms with E-state index in [9.17, 15) is 0 Å². The summed E-state index contributed by atoms with van der Waals surface area (Å²) in [5, 5.41) is 0.318. The molecule has 0 saturated heterocycles. The topological polar surface area (TPSA) is 0 Å². The first-order valence-corrected chi connectivity index (χ1v) is 5.16. The van der Waals surface area contributed by atoms with Crippen LogP contribution in [0.15, 0.2) is 12.2 Å². The zero-order chi connectivity index (χ0) is 9.15. The van der Waals surface area contributed by atoms with Crippen molar-refractivity contribution in [1.82, 2.24) is 0 Å². The number of hydrogen-bond acceptors (Lipinski definition) is 0. The molecule has 0 nitrogen and oxygen atoms in total. The molecular formula is C11H17Cl. The summed E-state index contributed by atoms with van der Waals surface area (Å²) in [6, 6.07) is 0. The second kappa shape index (κ2) is 2.09. The van der Waals surface area contributed by atoms with Crippen LogP contribution in [-0.4, -0.2) is 5.38 Å². The van der Waals surface area contributed by atoms with Gasteiger partial charge < -0.3 is 0 Å². The van der Waals surface area contributed by atoms with Crippen molar-refractivity contribution in [2.24, 2.45) is 16.7 Å². The van der Waals surface area contributed by atoms with E-state index in [0.717, 1.165) is 5.92 Å². The third-order valence-corrected chi connectivity index (χ3v) is 5.32. The van der Waals surface area contributed by atoms with Crippen molar-refractivity contribution >= 4 is 11.6 Å². The molecule has 2 rings (SSSR count). The standard InChI is InChI=1S/C11H17Cl/c1-7-5-8-6-9(12)11(7,4)10(8,2)3/h8-9H,1,5-6H2,2-4H3/t8-,9+,11+/m1/s1. The summed E-state index contributed by atoms with van der Waals surface area (Å²) in [6.07, 6.45) is 2.39. The number of halogens is 1. The van der Waals surface area contributed by atoms with Gasteiger partial charge in [-0.05, 0) is 24.2 Å². The van der Waals surface area contributed by atoms with E-state index in [-0.39, 0.29) is 5.41 Å². The molecule has 0 N–H and O–H groups in total. The molecule has 0 aromatic carbocycles. The molecule has 3 atom stereocenters. The molecule has 0 heterocycles. The Kier molecular flexibility index (Phi) is 1.50. The van der Waals surface area contributed by atoms with Crippen LogP contribution in [0.25, 0.3) is 0 Å². The predicted octanol–water partition coefficient (Wildman–Crippen LogP) is 3.61. The Labute approximate surface area is 80.0 Å². The lowest BCUT2D eigenvalue weighted by molar-refractivity contribution is 0.181. The summed E-state index contributed by atoms with van der Waals surface area (Å²) in [6.45, 7) is 11.2. The minimum atomic E-state index is 0.194. The molecule has 1 heteroatoms. The Morgan fingerprint density at radius 3 is 2.25 bits per heavy atom. The van der Waals surface area contributed by atoms with Crippen LogP contribution < -0.4 is 0 Å². The highest BCUT2D eigenvalue weighted by Crippen LogP contribution is 2.68. The molecule has 0 aromatic rings. The normalized spacial score (nSPS) is 50.2. The van der Waals surface area contributed by atoms with Crippen LogP contribution in [0.4, 0.5) is 0 Å². The average molecular weight is 185 g/mol. The van der Waals surface area contributed by atoms with E-state index in [1.165, 1.54) is 18.4 Å². The Hall–Kier alpha value is 0.0300.